The minimum atomic E-state index is -0.187. The highest BCUT2D eigenvalue weighted by molar-refractivity contribution is 6.23. The lowest BCUT2D eigenvalue weighted by Crippen LogP contribution is -2.47. The normalized spacial score (nSPS) is 21.7. The minimum Gasteiger partial charge on any atom is -0.376 e. The van der Waals surface area contributed by atoms with E-state index < -0.39 is 0 Å². The first-order valence-electron chi connectivity index (χ1n) is 11.9. The van der Waals surface area contributed by atoms with Crippen molar-refractivity contribution in [1.29, 1.82) is 0 Å². The molecule has 0 aromatic heterocycles. The van der Waals surface area contributed by atoms with Gasteiger partial charge in [0.25, 0.3) is 11.8 Å². The molecule has 1 unspecified atom stereocenters. The third kappa shape index (κ3) is 4.59. The van der Waals surface area contributed by atoms with E-state index in [1.165, 1.54) is 16.0 Å². The van der Waals surface area contributed by atoms with E-state index in [2.05, 4.69) is 47.1 Å². The van der Waals surface area contributed by atoms with Gasteiger partial charge in [0.1, 0.15) is 0 Å². The number of hydrogen-bond donors (Lipinski definition) is 0. The topological polar surface area (TPSA) is 53.1 Å². The maximum Gasteiger partial charge on any atom is 0.263 e. The van der Waals surface area contributed by atoms with Crippen LogP contribution in [0.3, 0.4) is 0 Å². The zero-order valence-electron chi connectivity index (χ0n) is 19.2. The van der Waals surface area contributed by atoms with Gasteiger partial charge in [-0.2, -0.15) is 0 Å². The maximum atomic E-state index is 13.2. The summed E-state index contributed by atoms with van der Waals surface area (Å²) in [6.07, 6.45) is 4.10. The van der Waals surface area contributed by atoms with Crippen LogP contribution in [0.25, 0.3) is 6.08 Å². The summed E-state index contributed by atoms with van der Waals surface area (Å²) < 4.78 is 5.67. The fourth-order valence-corrected chi connectivity index (χ4v) is 5.12. The molecule has 6 heteroatoms. The van der Waals surface area contributed by atoms with E-state index in [0.717, 1.165) is 51.3 Å². The first-order valence-corrected chi connectivity index (χ1v) is 11.9. The number of imide groups is 1. The Morgan fingerprint density at radius 3 is 2.52 bits per heavy atom. The number of carbonyl (C=O) groups excluding carboxylic acids is 2. The van der Waals surface area contributed by atoms with Gasteiger partial charge in [0.15, 0.2) is 0 Å². The number of ether oxygens (including phenoxy) is 1. The molecule has 3 heterocycles. The summed E-state index contributed by atoms with van der Waals surface area (Å²) in [6.45, 7) is 7.69. The summed E-state index contributed by atoms with van der Waals surface area (Å²) >= 11 is 0. The van der Waals surface area contributed by atoms with Gasteiger partial charge < -0.3 is 9.64 Å². The van der Waals surface area contributed by atoms with Gasteiger partial charge in [0, 0.05) is 39.3 Å². The van der Waals surface area contributed by atoms with E-state index >= 15 is 0 Å². The van der Waals surface area contributed by atoms with Gasteiger partial charge in [0.2, 0.25) is 0 Å². The number of piperazine rings is 1. The number of amides is 2. The second-order valence-electron chi connectivity index (χ2n) is 9.22. The zero-order valence-corrected chi connectivity index (χ0v) is 19.2. The third-order valence-corrected chi connectivity index (χ3v) is 6.79. The van der Waals surface area contributed by atoms with E-state index in [1.807, 2.05) is 18.2 Å². The summed E-state index contributed by atoms with van der Waals surface area (Å²) in [6, 6.07) is 16.1. The molecule has 0 aliphatic carbocycles. The fourth-order valence-electron chi connectivity index (χ4n) is 5.12. The quantitative estimate of drug-likeness (QED) is 0.635. The summed E-state index contributed by atoms with van der Waals surface area (Å²) in [5, 5.41) is 0. The van der Waals surface area contributed by atoms with Crippen molar-refractivity contribution in [1.82, 2.24) is 9.80 Å². The molecule has 0 spiro atoms. The van der Waals surface area contributed by atoms with Crippen LogP contribution in [0.5, 0.6) is 0 Å². The summed E-state index contributed by atoms with van der Waals surface area (Å²) in [7, 11) is 0. The molecule has 3 aliphatic heterocycles. The Morgan fingerprint density at radius 1 is 1.00 bits per heavy atom. The van der Waals surface area contributed by atoms with Gasteiger partial charge in [-0.25, -0.2) is 0 Å². The Morgan fingerprint density at radius 2 is 1.79 bits per heavy atom. The molecule has 6 nitrogen and oxygen atoms in total. The van der Waals surface area contributed by atoms with Crippen LogP contribution in [-0.4, -0.2) is 73.6 Å². The smallest absolute Gasteiger partial charge is 0.263 e. The number of anilines is 1. The molecule has 2 aromatic carbocycles. The Balaban J connectivity index is 1.25. The van der Waals surface area contributed by atoms with Crippen LogP contribution in [0.4, 0.5) is 5.69 Å². The number of rotatable bonds is 6. The van der Waals surface area contributed by atoms with Gasteiger partial charge in [-0.05, 0) is 37.5 Å². The van der Waals surface area contributed by atoms with Gasteiger partial charge in [-0.15, -0.1) is 0 Å². The average Bonchev–Trinajstić information content (AvgIpc) is 3.43. The molecule has 0 bridgehead atoms. The number of hydrogen-bond acceptors (Lipinski definition) is 5. The summed E-state index contributed by atoms with van der Waals surface area (Å²) in [5.74, 6) is -0.363. The molecule has 2 aromatic rings. The van der Waals surface area contributed by atoms with Gasteiger partial charge >= 0.3 is 0 Å². The zero-order chi connectivity index (χ0) is 22.8. The second-order valence-corrected chi connectivity index (χ2v) is 9.22. The number of carbonyl (C=O) groups is 2. The predicted molar refractivity (Wildman–Crippen MR) is 130 cm³/mol. The van der Waals surface area contributed by atoms with Crippen molar-refractivity contribution in [3.63, 3.8) is 0 Å². The van der Waals surface area contributed by atoms with Crippen molar-refractivity contribution in [3.05, 3.63) is 70.8 Å². The van der Waals surface area contributed by atoms with Crippen LogP contribution in [-0.2, 0) is 4.74 Å². The Labute approximate surface area is 195 Å². The van der Waals surface area contributed by atoms with Crippen molar-refractivity contribution in [3.8, 4) is 0 Å². The highest BCUT2D eigenvalue weighted by Gasteiger charge is 2.40. The van der Waals surface area contributed by atoms with Gasteiger partial charge in [-0.3, -0.25) is 19.4 Å². The average molecular weight is 446 g/mol. The van der Waals surface area contributed by atoms with Crippen LogP contribution in [0.2, 0.25) is 0 Å². The molecule has 2 fully saturated rings. The van der Waals surface area contributed by atoms with Gasteiger partial charge in [-0.1, -0.05) is 48.0 Å². The van der Waals surface area contributed by atoms with Crippen LogP contribution in [0.1, 0.15) is 46.0 Å². The van der Waals surface area contributed by atoms with Crippen molar-refractivity contribution < 1.29 is 14.3 Å². The molecule has 0 radical (unpaired) electrons. The summed E-state index contributed by atoms with van der Waals surface area (Å²) in [5.41, 5.74) is 4.54. The molecular formula is C27H31N3O3. The Kier molecular flexibility index (Phi) is 6.29. The van der Waals surface area contributed by atoms with Crippen LogP contribution in [0.15, 0.2) is 54.1 Å². The Hall–Kier alpha value is -2.96. The van der Waals surface area contributed by atoms with Crippen molar-refractivity contribution in [2.24, 2.45) is 0 Å². The van der Waals surface area contributed by atoms with Crippen molar-refractivity contribution >= 4 is 23.6 Å². The highest BCUT2D eigenvalue weighted by Crippen LogP contribution is 2.33. The van der Waals surface area contributed by atoms with E-state index in [1.54, 1.807) is 6.07 Å². The largest absolute Gasteiger partial charge is 0.376 e. The molecule has 3 aliphatic rings. The van der Waals surface area contributed by atoms with Crippen molar-refractivity contribution in [2.75, 3.05) is 50.8 Å². The molecule has 2 saturated heterocycles. The monoisotopic (exact) mass is 445 g/mol. The highest BCUT2D eigenvalue weighted by atomic mass is 16.5. The number of nitrogens with zero attached hydrogens (tertiary/aromatic N) is 3. The van der Waals surface area contributed by atoms with E-state index in [-0.39, 0.29) is 17.9 Å². The van der Waals surface area contributed by atoms with Crippen LogP contribution in [0, 0.1) is 0 Å². The lowest BCUT2D eigenvalue weighted by atomic mass is 10.1. The van der Waals surface area contributed by atoms with Crippen LogP contribution < -0.4 is 4.90 Å². The minimum absolute atomic E-state index is 0.0358. The van der Waals surface area contributed by atoms with E-state index in [9.17, 15) is 9.59 Å². The second kappa shape index (κ2) is 9.49. The summed E-state index contributed by atoms with van der Waals surface area (Å²) in [4.78, 5) is 32.3. The SMILES string of the molecule is CC(=Cc1ccccc1)CN1CCN(c2cccc3c2C(=O)N(CC2CCCO2)C3=O)CC1. The first-order chi connectivity index (χ1) is 16.1. The lowest BCUT2D eigenvalue weighted by molar-refractivity contribution is 0.0475. The molecule has 172 valence electrons. The number of fused-ring (bicyclic) bond motifs is 1. The molecule has 0 N–H and O–H groups in total. The molecule has 5 rings (SSSR count). The molecule has 1 atom stereocenters. The van der Waals surface area contributed by atoms with E-state index in [0.29, 0.717) is 24.3 Å². The molecular weight excluding hydrogens is 414 g/mol. The first kappa shape index (κ1) is 21.9. The molecule has 0 saturated carbocycles. The molecule has 2 amide bonds. The predicted octanol–water partition coefficient (Wildman–Crippen LogP) is 3.69. The third-order valence-electron chi connectivity index (χ3n) is 6.79. The Bertz CT molecular complexity index is 1050. The standard InChI is InChI=1S/C27H31N3O3/c1-20(17-21-7-3-2-4-8-21)18-28-12-14-29(15-13-28)24-11-5-10-23-25(24)27(32)30(26(23)31)19-22-9-6-16-33-22/h2-5,7-8,10-11,17,22H,6,9,12-16,18-19H2,1H3. The molecule has 33 heavy (non-hydrogen) atoms. The number of benzene rings is 2. The van der Waals surface area contributed by atoms with Gasteiger partial charge in [0.05, 0.1) is 29.5 Å². The maximum absolute atomic E-state index is 13.2. The van der Waals surface area contributed by atoms with E-state index in [4.69, 9.17) is 4.74 Å². The fraction of sp³-hybridized carbons (Fsp3) is 0.407. The lowest BCUT2D eigenvalue weighted by Gasteiger charge is -2.37. The van der Waals surface area contributed by atoms with Crippen molar-refractivity contribution in [2.45, 2.75) is 25.9 Å². The van der Waals surface area contributed by atoms with Crippen LogP contribution >= 0.6 is 0 Å².